The van der Waals surface area contributed by atoms with Crippen molar-refractivity contribution in [3.63, 3.8) is 0 Å². The first-order valence-electron chi connectivity index (χ1n) is 6.77. The van der Waals surface area contributed by atoms with Crippen LogP contribution in [0.2, 0.25) is 0 Å². The molecule has 2 rings (SSSR count). The lowest BCUT2D eigenvalue weighted by atomic mass is 10.1. The molecule has 126 valence electrons. The summed E-state index contributed by atoms with van der Waals surface area (Å²) in [5.74, 6) is -2.16. The summed E-state index contributed by atoms with van der Waals surface area (Å²) < 4.78 is 0.488. The number of amides is 2. The van der Waals surface area contributed by atoms with Crippen LogP contribution in [0.5, 0.6) is 0 Å². The molecule has 1 N–H and O–H groups in total. The summed E-state index contributed by atoms with van der Waals surface area (Å²) in [5, 5.41) is 13.1. The molecule has 0 aromatic heterocycles. The Hall–Kier alpha value is -1.84. The van der Waals surface area contributed by atoms with E-state index in [0.717, 1.165) is 5.56 Å². The monoisotopic (exact) mass is 381 g/mol. The Labute approximate surface area is 153 Å². The topological polar surface area (TPSA) is 89.5 Å². The van der Waals surface area contributed by atoms with Gasteiger partial charge in [0.25, 0.3) is 11.8 Å². The second kappa shape index (κ2) is 7.82. The average molecular weight is 381 g/mol. The van der Waals surface area contributed by atoms with Crippen molar-refractivity contribution in [2.45, 2.75) is 6.04 Å². The van der Waals surface area contributed by atoms with E-state index in [0.29, 0.717) is 14.8 Å². The number of carboxylic acids is 1. The highest BCUT2D eigenvalue weighted by Crippen LogP contribution is 2.31. The van der Waals surface area contributed by atoms with Gasteiger partial charge in [-0.2, -0.15) is 12.6 Å². The van der Waals surface area contributed by atoms with Gasteiger partial charge in [0.05, 0.1) is 16.9 Å². The van der Waals surface area contributed by atoms with Gasteiger partial charge in [-0.15, -0.1) is 0 Å². The van der Waals surface area contributed by atoms with E-state index in [1.54, 1.807) is 37.4 Å². The Morgan fingerprint density at radius 2 is 2.04 bits per heavy atom. The minimum atomic E-state index is -1.39. The fourth-order valence-corrected chi connectivity index (χ4v) is 3.27. The number of nitrogens with one attached hydrogen (secondary N) is 1. The third-order valence-corrected chi connectivity index (χ3v) is 5.08. The van der Waals surface area contributed by atoms with Gasteiger partial charge in [-0.1, -0.05) is 36.1 Å². The number of thiocarbonyl (C=S) groups is 1. The van der Waals surface area contributed by atoms with Gasteiger partial charge in [-0.05, 0) is 23.8 Å². The van der Waals surface area contributed by atoms with Crippen LogP contribution in [-0.4, -0.2) is 45.8 Å². The summed E-state index contributed by atoms with van der Waals surface area (Å²) >= 11 is 10.1. The van der Waals surface area contributed by atoms with Crippen LogP contribution in [0.25, 0.3) is 6.08 Å². The van der Waals surface area contributed by atoms with E-state index in [9.17, 15) is 19.5 Å². The van der Waals surface area contributed by atoms with E-state index in [1.807, 2.05) is 0 Å². The maximum atomic E-state index is 12.0. The van der Waals surface area contributed by atoms with Crippen molar-refractivity contribution in [3.8, 4) is 0 Å². The van der Waals surface area contributed by atoms with E-state index in [-0.39, 0.29) is 11.7 Å². The lowest BCUT2D eigenvalue weighted by Crippen LogP contribution is -2.49. The molecule has 24 heavy (non-hydrogen) atoms. The van der Waals surface area contributed by atoms with Crippen LogP contribution in [0.3, 0.4) is 0 Å². The third-order valence-electron chi connectivity index (χ3n) is 3.23. The molecule has 0 aliphatic carbocycles. The zero-order valence-corrected chi connectivity index (χ0v) is 15.0. The molecule has 0 unspecified atom stereocenters. The van der Waals surface area contributed by atoms with Crippen LogP contribution < -0.4 is 10.4 Å². The van der Waals surface area contributed by atoms with Gasteiger partial charge in [-0.3, -0.25) is 14.5 Å². The number of carbonyl (C=O) groups is 3. The van der Waals surface area contributed by atoms with Crippen LogP contribution >= 0.6 is 36.6 Å². The number of carboxylic acid groups (broad SMARTS) is 1. The molecular weight excluding hydrogens is 368 g/mol. The summed E-state index contributed by atoms with van der Waals surface area (Å²) in [6, 6.07) is 5.24. The van der Waals surface area contributed by atoms with Gasteiger partial charge in [0, 0.05) is 18.4 Å². The summed E-state index contributed by atoms with van der Waals surface area (Å²) in [6.07, 6.45) is 1.68. The molecule has 1 aliphatic rings. The van der Waals surface area contributed by atoms with Gasteiger partial charge in [0.15, 0.2) is 0 Å². The highest BCUT2D eigenvalue weighted by atomic mass is 32.2. The second-order valence-electron chi connectivity index (χ2n) is 4.89. The van der Waals surface area contributed by atoms with E-state index in [1.165, 1.54) is 16.7 Å². The van der Waals surface area contributed by atoms with E-state index in [2.05, 4.69) is 17.9 Å². The summed E-state index contributed by atoms with van der Waals surface area (Å²) in [4.78, 5) is 36.6. The molecule has 1 atom stereocenters. The molecule has 0 bridgehead atoms. The fraction of sp³-hybridized carbons (Fsp3) is 0.200. The van der Waals surface area contributed by atoms with E-state index < -0.39 is 17.9 Å². The average Bonchev–Trinajstić information content (AvgIpc) is 2.79. The zero-order valence-electron chi connectivity index (χ0n) is 12.5. The molecule has 0 saturated carbocycles. The van der Waals surface area contributed by atoms with Crippen LogP contribution in [0.1, 0.15) is 15.9 Å². The Kier molecular flexibility index (Phi) is 6.03. The van der Waals surface area contributed by atoms with Gasteiger partial charge in [0.2, 0.25) is 0 Å². The maximum Gasteiger partial charge on any atom is 0.265 e. The predicted octanol–water partition coefficient (Wildman–Crippen LogP) is 0.296. The number of hydrogen-bond acceptors (Lipinski definition) is 7. The van der Waals surface area contributed by atoms with Crippen molar-refractivity contribution in [2.24, 2.45) is 0 Å². The number of aliphatic carboxylic acids is 1. The Morgan fingerprint density at radius 1 is 1.42 bits per heavy atom. The Bertz CT molecular complexity index is 731. The van der Waals surface area contributed by atoms with Crippen molar-refractivity contribution in [1.29, 1.82) is 0 Å². The van der Waals surface area contributed by atoms with Crippen molar-refractivity contribution in [1.82, 2.24) is 10.2 Å². The van der Waals surface area contributed by atoms with E-state index in [4.69, 9.17) is 12.2 Å². The molecule has 9 heteroatoms. The molecule has 0 radical (unpaired) electrons. The zero-order chi connectivity index (χ0) is 17.9. The highest BCUT2D eigenvalue weighted by molar-refractivity contribution is 8.26. The maximum absolute atomic E-state index is 12.0. The first kappa shape index (κ1) is 18.5. The van der Waals surface area contributed by atoms with Crippen molar-refractivity contribution in [3.05, 3.63) is 40.3 Å². The van der Waals surface area contributed by atoms with Crippen LogP contribution in [0, 0.1) is 0 Å². The Balaban J connectivity index is 2.11. The van der Waals surface area contributed by atoms with Crippen molar-refractivity contribution < 1.29 is 19.5 Å². The molecule has 1 heterocycles. The molecule has 1 saturated heterocycles. The number of likely N-dealkylation sites (N-methyl/N-ethyl adjacent to an activating group) is 1. The molecule has 1 aromatic rings. The SMILES string of the molecule is CN1C(=O)/C(=C\c2ccc(C(=O)N[C@H](CS)C(=O)[O-])cc2)SC1=S. The summed E-state index contributed by atoms with van der Waals surface area (Å²) in [5.41, 5.74) is 1.02. The first-order valence-corrected chi connectivity index (χ1v) is 8.63. The second-order valence-corrected chi connectivity index (χ2v) is 6.93. The van der Waals surface area contributed by atoms with Gasteiger partial charge >= 0.3 is 0 Å². The molecule has 0 spiro atoms. The third kappa shape index (κ3) is 4.16. The van der Waals surface area contributed by atoms with Gasteiger partial charge in [0.1, 0.15) is 4.32 Å². The van der Waals surface area contributed by atoms with Gasteiger partial charge in [-0.25, -0.2) is 0 Å². The lowest BCUT2D eigenvalue weighted by molar-refractivity contribution is -0.307. The standard InChI is InChI=1S/C15H14N2O4S3/c1-17-13(19)11(24-15(17)23)6-8-2-4-9(5-3-8)12(18)16-10(7-22)14(20)21/h2-6,10,22H,7H2,1H3,(H,16,18)(H,20,21)/p-1/b11-6+/t10-/m1/s1. The quantitative estimate of drug-likeness (QED) is 0.433. The number of thiol groups is 1. The fourth-order valence-electron chi connectivity index (χ4n) is 1.85. The van der Waals surface area contributed by atoms with Crippen LogP contribution in [0.15, 0.2) is 29.2 Å². The number of thioether (sulfide) groups is 1. The minimum Gasteiger partial charge on any atom is -0.548 e. The first-order chi connectivity index (χ1) is 11.3. The molecule has 1 aromatic carbocycles. The number of hydrogen-bond donors (Lipinski definition) is 2. The summed E-state index contributed by atoms with van der Waals surface area (Å²) in [6.45, 7) is 0. The number of rotatable bonds is 5. The number of nitrogens with zero attached hydrogens (tertiary/aromatic N) is 1. The van der Waals surface area contributed by atoms with Crippen molar-refractivity contribution >= 4 is 64.8 Å². The minimum absolute atomic E-state index is 0.0645. The molecule has 1 fully saturated rings. The van der Waals surface area contributed by atoms with Crippen molar-refractivity contribution in [2.75, 3.05) is 12.8 Å². The van der Waals surface area contributed by atoms with Gasteiger partial charge < -0.3 is 15.2 Å². The van der Waals surface area contributed by atoms with Crippen LogP contribution in [0.4, 0.5) is 0 Å². The largest absolute Gasteiger partial charge is 0.548 e. The Morgan fingerprint density at radius 3 is 2.50 bits per heavy atom. The normalized spacial score (nSPS) is 17.2. The molecule has 1 aliphatic heterocycles. The smallest absolute Gasteiger partial charge is 0.265 e. The predicted molar refractivity (Wildman–Crippen MR) is 97.5 cm³/mol. The molecule has 2 amide bonds. The molecule has 6 nitrogen and oxygen atoms in total. The number of carbonyl (C=O) groups excluding carboxylic acids is 3. The van der Waals surface area contributed by atoms with Crippen LogP contribution in [-0.2, 0) is 9.59 Å². The number of benzene rings is 1. The summed E-state index contributed by atoms with van der Waals surface area (Å²) in [7, 11) is 1.61. The molecular formula is C15H13N2O4S3-. The lowest BCUT2D eigenvalue weighted by Gasteiger charge is -2.17. The highest BCUT2D eigenvalue weighted by Gasteiger charge is 2.28. The van der Waals surface area contributed by atoms with E-state index >= 15 is 0 Å².